The zero-order valence-electron chi connectivity index (χ0n) is 9.97. The van der Waals surface area contributed by atoms with E-state index in [0.29, 0.717) is 0 Å². The maximum atomic E-state index is 13.9. The number of halogens is 2. The second kappa shape index (κ2) is 5.09. The van der Waals surface area contributed by atoms with Gasteiger partial charge in [-0.05, 0) is 29.0 Å². The van der Waals surface area contributed by atoms with Crippen LogP contribution in [0, 0.1) is 18.6 Å². The molecule has 0 spiro atoms. The first kappa shape index (κ1) is 13.1. The van der Waals surface area contributed by atoms with Gasteiger partial charge in [-0.25, -0.2) is 13.5 Å². The fourth-order valence-electron chi connectivity index (χ4n) is 1.60. The van der Waals surface area contributed by atoms with Crippen LogP contribution in [0.15, 0.2) is 12.1 Å². The van der Waals surface area contributed by atoms with E-state index < -0.39 is 17.6 Å². The SMILES string of the molecule is Cc1ccc(F)c(-c2nnnn2CCC(=O)O)c1F. The number of rotatable bonds is 4. The maximum absolute atomic E-state index is 13.9. The van der Waals surface area contributed by atoms with Crippen molar-refractivity contribution < 1.29 is 18.7 Å². The van der Waals surface area contributed by atoms with Crippen LogP contribution in [0.4, 0.5) is 8.78 Å². The monoisotopic (exact) mass is 268 g/mol. The van der Waals surface area contributed by atoms with Gasteiger partial charge in [0, 0.05) is 0 Å². The molecule has 0 aliphatic rings. The number of aryl methyl sites for hydroxylation is 2. The zero-order valence-corrected chi connectivity index (χ0v) is 9.97. The zero-order chi connectivity index (χ0) is 14.0. The first-order valence-corrected chi connectivity index (χ1v) is 5.43. The minimum absolute atomic E-state index is 0.0650. The molecule has 0 atom stereocenters. The van der Waals surface area contributed by atoms with Crippen LogP contribution in [-0.4, -0.2) is 31.3 Å². The minimum atomic E-state index is -1.05. The van der Waals surface area contributed by atoms with E-state index in [9.17, 15) is 13.6 Å². The average Bonchev–Trinajstić information content (AvgIpc) is 2.80. The Morgan fingerprint density at radius 1 is 1.42 bits per heavy atom. The fraction of sp³-hybridized carbons (Fsp3) is 0.273. The highest BCUT2D eigenvalue weighted by molar-refractivity contribution is 5.66. The number of nitrogens with zero attached hydrogens (tertiary/aromatic N) is 4. The summed E-state index contributed by atoms with van der Waals surface area (Å²) in [5.74, 6) is -2.73. The molecule has 0 bridgehead atoms. The first-order chi connectivity index (χ1) is 9.00. The summed E-state index contributed by atoms with van der Waals surface area (Å²) in [4.78, 5) is 10.5. The van der Waals surface area contributed by atoms with Gasteiger partial charge in [-0.3, -0.25) is 4.79 Å². The third-order valence-corrected chi connectivity index (χ3v) is 2.58. The third-order valence-electron chi connectivity index (χ3n) is 2.58. The van der Waals surface area contributed by atoms with Crippen molar-refractivity contribution in [3.63, 3.8) is 0 Å². The standard InChI is InChI=1S/C11H10F2N4O2/c1-6-2-3-7(12)9(10(6)13)11-14-15-16-17(11)5-4-8(18)19/h2-3H,4-5H2,1H3,(H,18,19). The number of tetrazole rings is 1. The molecule has 0 unspecified atom stereocenters. The van der Waals surface area contributed by atoms with E-state index in [1.165, 1.54) is 13.0 Å². The van der Waals surface area contributed by atoms with Crippen LogP contribution in [0.25, 0.3) is 11.4 Å². The lowest BCUT2D eigenvalue weighted by Crippen LogP contribution is -2.09. The van der Waals surface area contributed by atoms with E-state index in [1.807, 2.05) is 0 Å². The molecule has 2 aromatic rings. The van der Waals surface area contributed by atoms with Crippen molar-refractivity contribution in [2.75, 3.05) is 0 Å². The molecule has 1 aromatic heterocycles. The summed E-state index contributed by atoms with van der Waals surface area (Å²) >= 11 is 0. The summed E-state index contributed by atoms with van der Waals surface area (Å²) in [6.45, 7) is 1.42. The Labute approximate surface area is 106 Å². The van der Waals surface area contributed by atoms with Crippen molar-refractivity contribution in [3.8, 4) is 11.4 Å². The molecule has 19 heavy (non-hydrogen) atoms. The number of carbonyl (C=O) groups is 1. The van der Waals surface area contributed by atoms with E-state index in [4.69, 9.17) is 5.11 Å². The van der Waals surface area contributed by atoms with Gasteiger partial charge in [0.15, 0.2) is 5.82 Å². The minimum Gasteiger partial charge on any atom is -0.481 e. The first-order valence-electron chi connectivity index (χ1n) is 5.43. The molecular formula is C11H10F2N4O2. The normalized spacial score (nSPS) is 10.7. The van der Waals surface area contributed by atoms with Gasteiger partial charge in [0.25, 0.3) is 0 Å². The van der Waals surface area contributed by atoms with Crippen molar-refractivity contribution in [1.82, 2.24) is 20.2 Å². The Hall–Kier alpha value is -2.38. The van der Waals surface area contributed by atoms with Gasteiger partial charge in [-0.2, -0.15) is 0 Å². The predicted octanol–water partition coefficient (Wildman–Crippen LogP) is 1.40. The summed E-state index contributed by atoms with van der Waals surface area (Å²) in [5.41, 5.74) is -0.0976. The number of carboxylic acid groups (broad SMARTS) is 1. The maximum Gasteiger partial charge on any atom is 0.305 e. The second-order valence-electron chi connectivity index (χ2n) is 3.92. The van der Waals surface area contributed by atoms with Gasteiger partial charge in [-0.1, -0.05) is 6.07 Å². The molecule has 0 radical (unpaired) electrons. The Kier molecular flexibility index (Phi) is 3.50. The summed E-state index contributed by atoms with van der Waals surface area (Å²) in [6.07, 6.45) is -0.243. The average molecular weight is 268 g/mol. The van der Waals surface area contributed by atoms with Crippen LogP contribution in [0.5, 0.6) is 0 Å². The lowest BCUT2D eigenvalue weighted by atomic mass is 10.1. The Morgan fingerprint density at radius 3 is 2.84 bits per heavy atom. The second-order valence-corrected chi connectivity index (χ2v) is 3.92. The van der Waals surface area contributed by atoms with Gasteiger partial charge in [-0.15, -0.1) is 5.10 Å². The van der Waals surface area contributed by atoms with Crippen molar-refractivity contribution >= 4 is 5.97 Å². The van der Waals surface area contributed by atoms with E-state index in [2.05, 4.69) is 15.5 Å². The van der Waals surface area contributed by atoms with E-state index >= 15 is 0 Å². The van der Waals surface area contributed by atoms with Crippen LogP contribution in [-0.2, 0) is 11.3 Å². The fourth-order valence-corrected chi connectivity index (χ4v) is 1.60. The van der Waals surface area contributed by atoms with Gasteiger partial charge in [0.2, 0.25) is 0 Å². The molecule has 1 N–H and O–H groups in total. The van der Waals surface area contributed by atoms with Gasteiger partial charge in [0.1, 0.15) is 11.6 Å². The third kappa shape index (κ3) is 2.56. The van der Waals surface area contributed by atoms with Crippen molar-refractivity contribution in [3.05, 3.63) is 29.3 Å². The summed E-state index contributed by atoms with van der Waals surface area (Å²) < 4.78 is 28.7. The molecule has 0 amide bonds. The highest BCUT2D eigenvalue weighted by Crippen LogP contribution is 2.25. The predicted molar refractivity (Wildman–Crippen MR) is 60.2 cm³/mol. The van der Waals surface area contributed by atoms with Crippen LogP contribution in [0.2, 0.25) is 0 Å². The van der Waals surface area contributed by atoms with Crippen molar-refractivity contribution in [1.29, 1.82) is 0 Å². The number of aliphatic carboxylic acids is 1. The van der Waals surface area contributed by atoms with Gasteiger partial charge in [0.05, 0.1) is 18.5 Å². The molecule has 100 valence electrons. The molecule has 1 aromatic carbocycles. The molecular weight excluding hydrogens is 258 g/mol. The lowest BCUT2D eigenvalue weighted by Gasteiger charge is -2.07. The van der Waals surface area contributed by atoms with Crippen LogP contribution >= 0.6 is 0 Å². The summed E-state index contributed by atoms with van der Waals surface area (Å²) in [7, 11) is 0. The summed E-state index contributed by atoms with van der Waals surface area (Å²) in [6, 6.07) is 2.42. The van der Waals surface area contributed by atoms with E-state index in [-0.39, 0.29) is 29.9 Å². The molecule has 0 aliphatic heterocycles. The molecule has 2 rings (SSSR count). The molecule has 0 saturated heterocycles. The molecule has 1 heterocycles. The highest BCUT2D eigenvalue weighted by Gasteiger charge is 2.20. The number of carboxylic acids is 1. The van der Waals surface area contributed by atoms with E-state index in [0.717, 1.165) is 10.7 Å². The molecule has 0 saturated carbocycles. The van der Waals surface area contributed by atoms with Crippen LogP contribution in [0.3, 0.4) is 0 Å². The van der Waals surface area contributed by atoms with Gasteiger partial charge >= 0.3 is 5.97 Å². The quantitative estimate of drug-likeness (QED) is 0.906. The molecule has 8 heteroatoms. The Morgan fingerprint density at radius 2 is 2.16 bits per heavy atom. The number of aromatic nitrogens is 4. The summed E-state index contributed by atoms with van der Waals surface area (Å²) in [5, 5.41) is 19.0. The van der Waals surface area contributed by atoms with Gasteiger partial charge < -0.3 is 5.11 Å². The lowest BCUT2D eigenvalue weighted by molar-refractivity contribution is -0.137. The molecule has 0 aliphatic carbocycles. The number of benzene rings is 1. The Bertz CT molecular complexity index is 627. The van der Waals surface area contributed by atoms with Crippen LogP contribution < -0.4 is 0 Å². The largest absolute Gasteiger partial charge is 0.481 e. The molecule has 6 nitrogen and oxygen atoms in total. The smallest absolute Gasteiger partial charge is 0.305 e. The Balaban J connectivity index is 2.45. The topological polar surface area (TPSA) is 80.9 Å². The number of hydrogen-bond donors (Lipinski definition) is 1. The molecule has 0 fully saturated rings. The number of hydrogen-bond acceptors (Lipinski definition) is 4. The van der Waals surface area contributed by atoms with E-state index in [1.54, 1.807) is 0 Å². The van der Waals surface area contributed by atoms with Crippen molar-refractivity contribution in [2.24, 2.45) is 0 Å². The van der Waals surface area contributed by atoms with Crippen molar-refractivity contribution in [2.45, 2.75) is 19.9 Å². The van der Waals surface area contributed by atoms with Crippen LogP contribution in [0.1, 0.15) is 12.0 Å². The highest BCUT2D eigenvalue weighted by atomic mass is 19.1.